The van der Waals surface area contributed by atoms with Crippen LogP contribution in [-0.4, -0.2) is 85.5 Å². The van der Waals surface area contributed by atoms with Gasteiger partial charge in [-0.3, -0.25) is 14.4 Å². The highest BCUT2D eigenvalue weighted by atomic mass is 16.5. The molecule has 55 heavy (non-hydrogen) atoms. The van der Waals surface area contributed by atoms with Crippen molar-refractivity contribution in [2.45, 2.75) is 64.9 Å². The number of ketones is 1. The summed E-state index contributed by atoms with van der Waals surface area (Å²) in [5.41, 5.74) is -0.835. The van der Waals surface area contributed by atoms with Crippen LogP contribution in [0.4, 0.5) is 0 Å². The molecule has 2 atom stereocenters. The number of carbonyl (C=O) groups excluding carboxylic acids is 5. The predicted molar refractivity (Wildman–Crippen MR) is 207 cm³/mol. The molecule has 0 N–H and O–H groups in total. The van der Waals surface area contributed by atoms with Crippen LogP contribution in [0.5, 0.6) is 11.5 Å². The summed E-state index contributed by atoms with van der Waals surface area (Å²) in [6.07, 6.45) is 1.51. The van der Waals surface area contributed by atoms with Gasteiger partial charge in [-0.25, -0.2) is 9.59 Å². The molecule has 1 saturated heterocycles. The molecule has 0 radical (unpaired) electrons. The Labute approximate surface area is 323 Å². The van der Waals surface area contributed by atoms with Crippen molar-refractivity contribution in [3.8, 4) is 11.5 Å². The number of rotatable bonds is 16. The molecule has 1 fully saturated rings. The highest BCUT2D eigenvalue weighted by Gasteiger charge is 2.64. The first-order chi connectivity index (χ1) is 26.1. The van der Waals surface area contributed by atoms with Gasteiger partial charge in [-0.15, -0.1) is 0 Å². The smallest absolute Gasteiger partial charge is 0.342 e. The number of nitrogens with zero attached hydrogens (tertiary/aromatic N) is 2. The Morgan fingerprint density at radius 2 is 1.36 bits per heavy atom. The number of hydrogen-bond acceptors (Lipinski definition) is 10. The van der Waals surface area contributed by atoms with Crippen molar-refractivity contribution in [2.75, 3.05) is 35.0 Å². The van der Waals surface area contributed by atoms with Crippen LogP contribution in [0.3, 0.4) is 0 Å². The molecule has 12 heteroatoms. The SMILES string of the molecule is C=C1C(=O)N(Cc2ccc(OC)cc2)[C@](CC)(C(=O)OC)C1(C)C.C=CC(=O)N(Cc1ccc(OC)cc1)[C@](COCc1ccccc1)(C(C)=O)C(=O)OC. The van der Waals surface area contributed by atoms with Crippen LogP contribution in [0, 0.1) is 5.41 Å². The van der Waals surface area contributed by atoms with Crippen LogP contribution < -0.4 is 9.47 Å². The zero-order valence-corrected chi connectivity index (χ0v) is 33.0. The van der Waals surface area contributed by atoms with Gasteiger partial charge in [0.1, 0.15) is 17.0 Å². The van der Waals surface area contributed by atoms with Gasteiger partial charge in [-0.1, -0.05) is 88.5 Å². The van der Waals surface area contributed by atoms with Crippen LogP contribution in [0.2, 0.25) is 0 Å². The fourth-order valence-corrected chi connectivity index (χ4v) is 6.79. The lowest BCUT2D eigenvalue weighted by atomic mass is 9.69. The van der Waals surface area contributed by atoms with Crippen LogP contribution in [0.1, 0.15) is 50.8 Å². The predicted octanol–water partition coefficient (Wildman–Crippen LogP) is 5.87. The molecule has 4 rings (SSSR count). The molecule has 0 aliphatic carbocycles. The number of amides is 2. The Kier molecular flexibility index (Phi) is 15.1. The van der Waals surface area contributed by atoms with E-state index in [1.54, 1.807) is 43.4 Å². The number of ether oxygens (including phenoxy) is 5. The van der Waals surface area contributed by atoms with Gasteiger partial charge in [0.25, 0.3) is 5.91 Å². The Balaban J connectivity index is 0.000000305. The fraction of sp³-hybridized carbons (Fsp3) is 0.372. The second kappa shape index (κ2) is 19.0. The van der Waals surface area contributed by atoms with E-state index >= 15 is 0 Å². The lowest BCUT2D eigenvalue weighted by Gasteiger charge is -2.43. The van der Waals surface area contributed by atoms with Crippen LogP contribution >= 0.6 is 0 Å². The third-order valence-electron chi connectivity index (χ3n) is 10.2. The van der Waals surface area contributed by atoms with Crippen molar-refractivity contribution in [3.05, 3.63) is 120 Å². The van der Waals surface area contributed by atoms with Crippen LogP contribution in [0.25, 0.3) is 0 Å². The second-order valence-corrected chi connectivity index (χ2v) is 13.4. The van der Waals surface area contributed by atoms with E-state index in [1.807, 2.05) is 75.4 Å². The lowest BCUT2D eigenvalue weighted by molar-refractivity contribution is -0.171. The minimum absolute atomic E-state index is 0.0295. The summed E-state index contributed by atoms with van der Waals surface area (Å²) in [6.45, 7) is 14.4. The maximum absolute atomic E-state index is 12.9. The number of likely N-dealkylation sites (tertiary alicyclic amines) is 1. The van der Waals surface area contributed by atoms with Gasteiger partial charge in [0, 0.05) is 24.1 Å². The van der Waals surface area contributed by atoms with Crippen molar-refractivity contribution >= 4 is 29.5 Å². The third-order valence-corrected chi connectivity index (χ3v) is 10.2. The quantitative estimate of drug-likeness (QED) is 0.0992. The zero-order chi connectivity index (χ0) is 41.0. The summed E-state index contributed by atoms with van der Waals surface area (Å²) >= 11 is 0. The third kappa shape index (κ3) is 8.97. The molecule has 0 spiro atoms. The van der Waals surface area contributed by atoms with Gasteiger partial charge in [0.2, 0.25) is 11.4 Å². The molecule has 3 aromatic rings. The van der Waals surface area contributed by atoms with Crippen molar-refractivity contribution in [1.29, 1.82) is 0 Å². The Morgan fingerprint density at radius 1 is 0.818 bits per heavy atom. The molecule has 3 aromatic carbocycles. The number of methoxy groups -OCH3 is 4. The minimum Gasteiger partial charge on any atom is -0.497 e. The second-order valence-electron chi connectivity index (χ2n) is 13.4. The molecular formula is C43H52N2O10. The monoisotopic (exact) mass is 756 g/mol. The average Bonchev–Trinajstić information content (AvgIpc) is 3.35. The zero-order valence-electron chi connectivity index (χ0n) is 33.0. The van der Waals surface area contributed by atoms with Crippen LogP contribution in [0.15, 0.2) is 104 Å². The maximum atomic E-state index is 12.9. The first-order valence-electron chi connectivity index (χ1n) is 17.7. The molecule has 1 heterocycles. The Bertz CT molecular complexity index is 1840. The van der Waals surface area contributed by atoms with Gasteiger partial charge in [0.05, 0.1) is 41.7 Å². The number of esters is 2. The van der Waals surface area contributed by atoms with Gasteiger partial charge in [0.15, 0.2) is 5.78 Å². The van der Waals surface area contributed by atoms with Crippen molar-refractivity contribution in [2.24, 2.45) is 5.41 Å². The van der Waals surface area contributed by atoms with E-state index in [-0.39, 0.29) is 25.7 Å². The number of carbonyl (C=O) groups is 5. The molecule has 294 valence electrons. The van der Waals surface area contributed by atoms with Gasteiger partial charge < -0.3 is 33.5 Å². The Morgan fingerprint density at radius 3 is 1.82 bits per heavy atom. The highest BCUT2D eigenvalue weighted by molar-refractivity contribution is 6.11. The summed E-state index contributed by atoms with van der Waals surface area (Å²) in [5.74, 6) is -1.28. The van der Waals surface area contributed by atoms with Crippen molar-refractivity contribution in [1.82, 2.24) is 9.80 Å². The van der Waals surface area contributed by atoms with E-state index in [0.717, 1.165) is 27.9 Å². The van der Waals surface area contributed by atoms with E-state index in [1.165, 1.54) is 21.1 Å². The molecule has 12 nitrogen and oxygen atoms in total. The van der Waals surface area contributed by atoms with Gasteiger partial charge in [-0.05, 0) is 60.4 Å². The average molecular weight is 757 g/mol. The first kappa shape index (κ1) is 43.7. The van der Waals surface area contributed by atoms with E-state index in [4.69, 9.17) is 23.7 Å². The van der Waals surface area contributed by atoms with Gasteiger partial charge in [-0.2, -0.15) is 0 Å². The van der Waals surface area contributed by atoms with Crippen LogP contribution in [-0.2, 0) is 57.9 Å². The summed E-state index contributed by atoms with van der Waals surface area (Å²) in [4.78, 5) is 66.8. The van der Waals surface area contributed by atoms with E-state index in [0.29, 0.717) is 29.9 Å². The maximum Gasteiger partial charge on any atom is 0.342 e. The van der Waals surface area contributed by atoms with E-state index in [9.17, 15) is 24.0 Å². The normalized spacial score (nSPS) is 16.8. The summed E-state index contributed by atoms with van der Waals surface area (Å²) in [5, 5.41) is 0. The topological polar surface area (TPSA) is 138 Å². The Hall–Kier alpha value is -5.75. The molecule has 1 aliphatic heterocycles. The minimum atomic E-state index is -1.96. The van der Waals surface area contributed by atoms with Crippen molar-refractivity contribution < 1.29 is 47.7 Å². The first-order valence-corrected chi connectivity index (χ1v) is 17.7. The number of Topliss-reactive ketones (excluding diaryl/α,β-unsaturated/α-hetero) is 1. The lowest BCUT2D eigenvalue weighted by Crippen LogP contribution is -2.64. The van der Waals surface area contributed by atoms with E-state index in [2.05, 4.69) is 13.2 Å². The fourth-order valence-electron chi connectivity index (χ4n) is 6.79. The molecule has 0 saturated carbocycles. The highest BCUT2D eigenvalue weighted by Crippen LogP contribution is 2.52. The van der Waals surface area contributed by atoms with Crippen molar-refractivity contribution in [3.63, 3.8) is 0 Å². The molecule has 0 bridgehead atoms. The van der Waals surface area contributed by atoms with Gasteiger partial charge >= 0.3 is 11.9 Å². The number of benzene rings is 3. The molecule has 0 unspecified atom stereocenters. The summed E-state index contributed by atoms with van der Waals surface area (Å²) in [7, 11) is 5.67. The summed E-state index contributed by atoms with van der Waals surface area (Å²) in [6, 6.07) is 23.7. The molecular weight excluding hydrogens is 704 g/mol. The summed E-state index contributed by atoms with van der Waals surface area (Å²) < 4.78 is 26.1. The van der Waals surface area contributed by atoms with E-state index < -0.39 is 40.1 Å². The molecule has 2 amide bonds. The molecule has 0 aromatic heterocycles. The standard InChI is InChI=1S/C24H27NO6.C19H25NO4/c1-5-22(27)25(15-19-11-13-21(29-3)14-12-19)24(18(2)26,23(28)30-4)17-31-16-20-9-7-6-8-10-20;1-7-19(17(22)24-6)18(3,4)13(2)16(21)20(19)12-14-8-10-15(23-5)11-9-14/h5-14H,1,15-17H2,2-4H3;8-11H,2,7,12H2,1,3-6H3/t24-;19-/m11/s1. The number of hydrogen-bond donors (Lipinski definition) is 0. The largest absolute Gasteiger partial charge is 0.497 e. The molecule has 1 aliphatic rings.